The maximum Gasteiger partial charge on any atom is 0.270 e. The molecule has 4 rings (SSSR count). The summed E-state index contributed by atoms with van der Waals surface area (Å²) in [6.07, 6.45) is 2.12. The second-order valence-electron chi connectivity index (χ2n) is 5.90. The van der Waals surface area contributed by atoms with Crippen LogP contribution in [0.25, 0.3) is 11.0 Å². The van der Waals surface area contributed by atoms with Gasteiger partial charge in [0.25, 0.3) is 5.91 Å². The molecule has 6 heteroatoms. The number of carbonyl (C=O) groups is 2. The SMILES string of the molecule is Cn1ccc2ccc(C(=O)NC3CC(=O)Nc4ccccc43)nc21. The van der Waals surface area contributed by atoms with E-state index in [1.54, 1.807) is 6.07 Å². The van der Waals surface area contributed by atoms with Crippen LogP contribution in [0.2, 0.25) is 0 Å². The van der Waals surface area contributed by atoms with Crippen molar-refractivity contribution in [3.05, 3.63) is 59.9 Å². The highest BCUT2D eigenvalue weighted by Gasteiger charge is 2.26. The summed E-state index contributed by atoms with van der Waals surface area (Å²) in [4.78, 5) is 28.9. The number of aryl methyl sites for hydroxylation is 1. The van der Waals surface area contributed by atoms with Crippen LogP contribution < -0.4 is 10.6 Å². The third kappa shape index (κ3) is 2.42. The lowest BCUT2D eigenvalue weighted by molar-refractivity contribution is -0.116. The number of rotatable bonds is 2. The van der Waals surface area contributed by atoms with Gasteiger partial charge in [-0.3, -0.25) is 9.59 Å². The molecule has 24 heavy (non-hydrogen) atoms. The summed E-state index contributed by atoms with van der Waals surface area (Å²) >= 11 is 0. The van der Waals surface area contributed by atoms with Gasteiger partial charge in [-0.1, -0.05) is 18.2 Å². The molecule has 0 spiro atoms. The van der Waals surface area contributed by atoms with E-state index in [4.69, 9.17) is 0 Å². The Labute approximate surface area is 138 Å². The van der Waals surface area contributed by atoms with Crippen molar-refractivity contribution < 1.29 is 9.59 Å². The largest absolute Gasteiger partial charge is 0.343 e. The van der Waals surface area contributed by atoms with Crippen LogP contribution in [-0.2, 0) is 11.8 Å². The first kappa shape index (κ1) is 14.4. The number of aromatic nitrogens is 2. The summed E-state index contributed by atoms with van der Waals surface area (Å²) in [6, 6.07) is 12.7. The van der Waals surface area contributed by atoms with Crippen molar-refractivity contribution in [1.29, 1.82) is 0 Å². The van der Waals surface area contributed by atoms with Crippen molar-refractivity contribution in [3.8, 4) is 0 Å². The molecular formula is C18H16N4O2. The number of para-hydroxylation sites is 1. The Morgan fingerprint density at radius 1 is 1.25 bits per heavy atom. The number of amides is 2. The fourth-order valence-electron chi connectivity index (χ4n) is 3.03. The third-order valence-corrected chi connectivity index (χ3v) is 4.25. The molecule has 1 aromatic carbocycles. The number of carbonyl (C=O) groups excluding carboxylic acids is 2. The molecular weight excluding hydrogens is 304 g/mol. The summed E-state index contributed by atoms with van der Waals surface area (Å²) in [5.74, 6) is -0.391. The molecule has 0 saturated carbocycles. The fourth-order valence-corrected chi connectivity index (χ4v) is 3.03. The standard InChI is InChI=1S/C18H16N4O2/c1-22-9-8-11-6-7-14(20-17(11)22)18(24)21-15-10-16(23)19-13-5-3-2-4-12(13)15/h2-9,15H,10H2,1H3,(H,19,23)(H,21,24). The van der Waals surface area contributed by atoms with Crippen molar-refractivity contribution in [3.63, 3.8) is 0 Å². The monoisotopic (exact) mass is 320 g/mol. The zero-order chi connectivity index (χ0) is 16.7. The Hall–Kier alpha value is -3.15. The van der Waals surface area contributed by atoms with Crippen LogP contribution in [0.4, 0.5) is 5.69 Å². The molecule has 2 N–H and O–H groups in total. The minimum atomic E-state index is -0.353. The molecule has 1 aliphatic rings. The number of hydrogen-bond donors (Lipinski definition) is 2. The van der Waals surface area contributed by atoms with Gasteiger partial charge in [-0.25, -0.2) is 4.98 Å². The Morgan fingerprint density at radius 3 is 2.96 bits per heavy atom. The maximum absolute atomic E-state index is 12.6. The zero-order valence-corrected chi connectivity index (χ0v) is 13.1. The molecule has 0 saturated heterocycles. The van der Waals surface area contributed by atoms with E-state index in [2.05, 4.69) is 15.6 Å². The Balaban J connectivity index is 1.63. The summed E-state index contributed by atoms with van der Waals surface area (Å²) in [6.45, 7) is 0. The first-order valence-electron chi connectivity index (χ1n) is 7.73. The minimum Gasteiger partial charge on any atom is -0.343 e. The molecule has 1 aliphatic heterocycles. The van der Waals surface area contributed by atoms with E-state index in [1.807, 2.05) is 54.2 Å². The topological polar surface area (TPSA) is 76.0 Å². The quantitative estimate of drug-likeness (QED) is 0.761. The zero-order valence-electron chi connectivity index (χ0n) is 13.1. The number of benzene rings is 1. The summed E-state index contributed by atoms with van der Waals surface area (Å²) < 4.78 is 1.87. The molecule has 0 fully saturated rings. The van der Waals surface area contributed by atoms with Crippen molar-refractivity contribution >= 4 is 28.5 Å². The number of anilines is 1. The lowest BCUT2D eigenvalue weighted by atomic mass is 9.97. The van der Waals surface area contributed by atoms with Crippen LogP contribution in [0, 0.1) is 0 Å². The molecule has 6 nitrogen and oxygen atoms in total. The molecule has 3 aromatic rings. The Morgan fingerprint density at radius 2 is 2.08 bits per heavy atom. The highest BCUT2D eigenvalue weighted by Crippen LogP contribution is 2.30. The predicted molar refractivity (Wildman–Crippen MR) is 90.6 cm³/mol. The van der Waals surface area contributed by atoms with Gasteiger partial charge in [-0.05, 0) is 29.8 Å². The molecule has 0 radical (unpaired) electrons. The van der Waals surface area contributed by atoms with E-state index in [-0.39, 0.29) is 24.3 Å². The van der Waals surface area contributed by atoms with Crippen LogP contribution in [0.15, 0.2) is 48.7 Å². The molecule has 0 aliphatic carbocycles. The average molecular weight is 320 g/mol. The summed E-state index contributed by atoms with van der Waals surface area (Å²) in [5.41, 5.74) is 2.74. The van der Waals surface area contributed by atoms with Gasteiger partial charge in [-0.2, -0.15) is 0 Å². The predicted octanol–water partition coefficient (Wildman–Crippen LogP) is 2.39. The highest BCUT2D eigenvalue weighted by molar-refractivity contribution is 5.98. The van der Waals surface area contributed by atoms with Crippen LogP contribution in [-0.4, -0.2) is 21.4 Å². The third-order valence-electron chi connectivity index (χ3n) is 4.25. The van der Waals surface area contributed by atoms with Crippen molar-refractivity contribution in [2.24, 2.45) is 7.05 Å². The van der Waals surface area contributed by atoms with Crippen molar-refractivity contribution in [2.75, 3.05) is 5.32 Å². The number of nitrogens with zero attached hydrogens (tertiary/aromatic N) is 2. The van der Waals surface area contributed by atoms with Gasteiger partial charge in [-0.15, -0.1) is 0 Å². The molecule has 1 atom stereocenters. The van der Waals surface area contributed by atoms with Crippen LogP contribution in [0.3, 0.4) is 0 Å². The van der Waals surface area contributed by atoms with E-state index in [0.717, 1.165) is 22.3 Å². The first-order valence-corrected chi connectivity index (χ1v) is 7.73. The smallest absolute Gasteiger partial charge is 0.270 e. The van der Waals surface area contributed by atoms with E-state index >= 15 is 0 Å². The molecule has 3 heterocycles. The van der Waals surface area contributed by atoms with E-state index in [0.29, 0.717) is 5.69 Å². The Kier molecular flexibility index (Phi) is 3.30. The molecule has 2 amide bonds. The summed E-state index contributed by atoms with van der Waals surface area (Å²) in [5, 5.41) is 6.73. The van der Waals surface area contributed by atoms with Gasteiger partial charge in [0, 0.05) is 24.3 Å². The minimum absolute atomic E-state index is 0.107. The lowest BCUT2D eigenvalue weighted by Crippen LogP contribution is -2.35. The van der Waals surface area contributed by atoms with Gasteiger partial charge in [0.1, 0.15) is 11.3 Å². The number of nitrogens with one attached hydrogen (secondary N) is 2. The normalized spacial score (nSPS) is 16.5. The fraction of sp³-hybridized carbons (Fsp3) is 0.167. The van der Waals surface area contributed by atoms with Crippen molar-refractivity contribution in [1.82, 2.24) is 14.9 Å². The van der Waals surface area contributed by atoms with Crippen LogP contribution in [0.1, 0.15) is 28.5 Å². The van der Waals surface area contributed by atoms with Gasteiger partial charge < -0.3 is 15.2 Å². The van der Waals surface area contributed by atoms with Gasteiger partial charge in [0.2, 0.25) is 5.91 Å². The number of fused-ring (bicyclic) bond motifs is 2. The number of hydrogen-bond acceptors (Lipinski definition) is 3. The van der Waals surface area contributed by atoms with Crippen molar-refractivity contribution in [2.45, 2.75) is 12.5 Å². The lowest BCUT2D eigenvalue weighted by Gasteiger charge is -2.26. The number of pyridine rings is 1. The maximum atomic E-state index is 12.6. The van der Waals surface area contributed by atoms with Gasteiger partial charge in [0.15, 0.2) is 0 Å². The van der Waals surface area contributed by atoms with Gasteiger partial charge in [0.05, 0.1) is 12.5 Å². The molecule has 1 unspecified atom stereocenters. The Bertz CT molecular complexity index is 961. The van der Waals surface area contributed by atoms with E-state index in [9.17, 15) is 9.59 Å². The first-order chi connectivity index (χ1) is 11.6. The second-order valence-corrected chi connectivity index (χ2v) is 5.90. The second kappa shape index (κ2) is 5.49. The molecule has 2 aromatic heterocycles. The van der Waals surface area contributed by atoms with Gasteiger partial charge >= 0.3 is 0 Å². The summed E-state index contributed by atoms with van der Waals surface area (Å²) in [7, 11) is 1.89. The molecule has 120 valence electrons. The van der Waals surface area contributed by atoms with Crippen LogP contribution >= 0.6 is 0 Å². The van der Waals surface area contributed by atoms with Crippen LogP contribution in [0.5, 0.6) is 0 Å². The van der Waals surface area contributed by atoms with E-state index in [1.165, 1.54) is 0 Å². The molecule has 0 bridgehead atoms. The average Bonchev–Trinajstić information content (AvgIpc) is 2.95. The van der Waals surface area contributed by atoms with E-state index < -0.39 is 0 Å². The highest BCUT2D eigenvalue weighted by atomic mass is 16.2.